The average Bonchev–Trinajstić information content (AvgIpc) is 2.93. The summed E-state index contributed by atoms with van der Waals surface area (Å²) in [5.74, 6) is 0.460. The highest BCUT2D eigenvalue weighted by atomic mass is 16.5. The van der Waals surface area contributed by atoms with Crippen molar-refractivity contribution in [2.24, 2.45) is 0 Å². The number of carbonyl (C=O) groups is 2. The summed E-state index contributed by atoms with van der Waals surface area (Å²) in [6.07, 6.45) is 0.909. The minimum atomic E-state index is -0.564. The van der Waals surface area contributed by atoms with Crippen molar-refractivity contribution in [3.8, 4) is 17.2 Å². The molecule has 0 saturated carbocycles. The lowest BCUT2D eigenvalue weighted by atomic mass is 9.71. The van der Waals surface area contributed by atoms with Crippen molar-refractivity contribution < 1.29 is 24.2 Å². The van der Waals surface area contributed by atoms with Gasteiger partial charge in [0.25, 0.3) is 5.91 Å². The topological polar surface area (TPSA) is 96.9 Å². The average molecular weight is 525 g/mol. The fourth-order valence-electron chi connectivity index (χ4n) is 5.52. The van der Waals surface area contributed by atoms with Gasteiger partial charge >= 0.3 is 0 Å². The molecule has 7 nitrogen and oxygen atoms in total. The number of methoxy groups -OCH3 is 2. The second kappa shape index (κ2) is 10.7. The number of anilines is 1. The molecule has 0 bridgehead atoms. The van der Waals surface area contributed by atoms with E-state index in [1.165, 1.54) is 0 Å². The van der Waals surface area contributed by atoms with Crippen molar-refractivity contribution in [2.45, 2.75) is 38.5 Å². The Morgan fingerprint density at radius 3 is 2.23 bits per heavy atom. The summed E-state index contributed by atoms with van der Waals surface area (Å²) in [5, 5.41) is 16.3. The zero-order valence-corrected chi connectivity index (χ0v) is 22.5. The Bertz CT molecular complexity index is 1490. The molecule has 2 unspecified atom stereocenters. The predicted molar refractivity (Wildman–Crippen MR) is 150 cm³/mol. The number of amides is 1. The van der Waals surface area contributed by atoms with Gasteiger partial charge in [0.05, 0.1) is 14.2 Å². The Morgan fingerprint density at radius 2 is 1.56 bits per heavy atom. The minimum Gasteiger partial charge on any atom is -0.508 e. The van der Waals surface area contributed by atoms with Crippen molar-refractivity contribution in [1.29, 1.82) is 0 Å². The summed E-state index contributed by atoms with van der Waals surface area (Å²) >= 11 is 0. The van der Waals surface area contributed by atoms with E-state index in [0.29, 0.717) is 46.9 Å². The van der Waals surface area contributed by atoms with Crippen LogP contribution in [0.3, 0.4) is 0 Å². The third-order valence-electron chi connectivity index (χ3n) is 7.49. The summed E-state index contributed by atoms with van der Waals surface area (Å²) in [7, 11) is 3.19. The number of allylic oxidation sites excluding steroid dienone is 3. The van der Waals surface area contributed by atoms with Gasteiger partial charge in [0.2, 0.25) is 0 Å². The fourth-order valence-corrected chi connectivity index (χ4v) is 5.52. The van der Waals surface area contributed by atoms with Gasteiger partial charge < -0.3 is 25.2 Å². The number of Topliss-reactive ketones (excluding diaryl/α,β-unsaturated/α-hetero) is 1. The van der Waals surface area contributed by atoms with Gasteiger partial charge in [-0.2, -0.15) is 0 Å². The monoisotopic (exact) mass is 524 g/mol. The highest BCUT2D eigenvalue weighted by molar-refractivity contribution is 6.10. The first-order valence-electron chi connectivity index (χ1n) is 12.9. The first-order valence-corrected chi connectivity index (χ1v) is 12.9. The van der Waals surface area contributed by atoms with E-state index in [1.807, 2.05) is 56.3 Å². The van der Waals surface area contributed by atoms with E-state index in [1.54, 1.807) is 38.5 Å². The number of hydrogen-bond acceptors (Lipinski definition) is 6. The van der Waals surface area contributed by atoms with E-state index >= 15 is 0 Å². The number of dihydropyridines is 1. The Labute approximate surface area is 228 Å². The standard InChI is InChI=1S/C32H32N2O5/c1-18-5-10-23(11-6-18)34-32(37)29-19(2)33-25-15-22(21-9-14-27(38-3)28(17-21)39-4)16-26(36)31(25)30(29)20-7-12-24(35)13-8-20/h5-14,17,22,30,33,35H,15-16H2,1-4H3,(H,34,37). The van der Waals surface area contributed by atoms with Crippen molar-refractivity contribution in [2.75, 3.05) is 19.5 Å². The third-order valence-corrected chi connectivity index (χ3v) is 7.49. The molecule has 1 aliphatic carbocycles. The molecular weight excluding hydrogens is 492 g/mol. The molecule has 39 heavy (non-hydrogen) atoms. The van der Waals surface area contributed by atoms with E-state index in [4.69, 9.17) is 9.47 Å². The molecule has 3 aromatic carbocycles. The number of aromatic hydroxyl groups is 1. The number of ketones is 1. The number of carbonyl (C=O) groups excluding carboxylic acids is 2. The maximum Gasteiger partial charge on any atom is 0.254 e. The molecule has 3 aromatic rings. The predicted octanol–water partition coefficient (Wildman–Crippen LogP) is 5.72. The van der Waals surface area contributed by atoms with Crippen LogP contribution in [0, 0.1) is 6.92 Å². The van der Waals surface area contributed by atoms with Gasteiger partial charge in [-0.3, -0.25) is 9.59 Å². The maximum absolute atomic E-state index is 13.9. The van der Waals surface area contributed by atoms with E-state index in [-0.39, 0.29) is 23.4 Å². The summed E-state index contributed by atoms with van der Waals surface area (Å²) < 4.78 is 10.9. The number of nitrogens with one attached hydrogen (secondary N) is 2. The van der Waals surface area contributed by atoms with Crippen molar-refractivity contribution >= 4 is 17.4 Å². The maximum atomic E-state index is 13.9. The van der Waals surface area contributed by atoms with Gasteiger partial charge in [-0.25, -0.2) is 0 Å². The number of phenolic OH excluding ortho intramolecular Hbond substituents is 1. The molecule has 0 aromatic heterocycles. The van der Waals surface area contributed by atoms with Crippen LogP contribution in [0.15, 0.2) is 89.3 Å². The number of aryl methyl sites for hydroxylation is 1. The molecule has 5 rings (SSSR count). The zero-order valence-electron chi connectivity index (χ0n) is 22.5. The van der Waals surface area contributed by atoms with Gasteiger partial charge in [0, 0.05) is 40.6 Å². The molecule has 200 valence electrons. The molecule has 0 radical (unpaired) electrons. The van der Waals surface area contributed by atoms with Gasteiger partial charge in [-0.1, -0.05) is 35.9 Å². The van der Waals surface area contributed by atoms with Crippen LogP contribution in [-0.4, -0.2) is 31.0 Å². The van der Waals surface area contributed by atoms with Gasteiger partial charge in [-0.15, -0.1) is 0 Å². The van der Waals surface area contributed by atoms with Crippen molar-refractivity contribution in [1.82, 2.24) is 5.32 Å². The molecule has 0 fully saturated rings. The van der Waals surface area contributed by atoms with Gasteiger partial charge in [-0.05, 0) is 73.7 Å². The molecule has 0 saturated heterocycles. The molecular formula is C32H32N2O5. The highest BCUT2D eigenvalue weighted by Crippen LogP contribution is 2.46. The van der Waals surface area contributed by atoms with Crippen LogP contribution in [-0.2, 0) is 9.59 Å². The second-order valence-electron chi connectivity index (χ2n) is 10.0. The highest BCUT2D eigenvalue weighted by Gasteiger charge is 2.41. The lowest BCUT2D eigenvalue weighted by Gasteiger charge is -2.37. The Morgan fingerprint density at radius 1 is 0.897 bits per heavy atom. The van der Waals surface area contributed by atoms with Crippen molar-refractivity contribution in [3.63, 3.8) is 0 Å². The summed E-state index contributed by atoms with van der Waals surface area (Å²) in [4.78, 5) is 27.5. The van der Waals surface area contributed by atoms with E-state index in [0.717, 1.165) is 22.4 Å². The van der Waals surface area contributed by atoms with E-state index < -0.39 is 5.92 Å². The third kappa shape index (κ3) is 5.12. The summed E-state index contributed by atoms with van der Waals surface area (Å²) in [5.41, 5.74) is 6.11. The Balaban J connectivity index is 1.53. The van der Waals surface area contributed by atoms with Crippen LogP contribution in [0.4, 0.5) is 5.69 Å². The van der Waals surface area contributed by atoms with Crippen LogP contribution in [0.1, 0.15) is 48.3 Å². The Hall–Kier alpha value is -4.52. The second-order valence-corrected chi connectivity index (χ2v) is 10.0. The first kappa shape index (κ1) is 26.1. The number of ether oxygens (including phenoxy) is 2. The number of phenols is 1. The number of rotatable bonds is 6. The first-order chi connectivity index (χ1) is 18.8. The molecule has 0 spiro atoms. The van der Waals surface area contributed by atoms with E-state index in [9.17, 15) is 14.7 Å². The van der Waals surface area contributed by atoms with Gasteiger partial charge in [0.1, 0.15) is 5.75 Å². The SMILES string of the molecule is COc1ccc(C2CC(=O)C3=C(C2)NC(C)=C(C(=O)Nc2ccc(C)cc2)C3c2ccc(O)cc2)cc1OC. The molecule has 1 aliphatic heterocycles. The van der Waals surface area contributed by atoms with E-state index in [2.05, 4.69) is 10.6 Å². The molecule has 2 atom stereocenters. The van der Waals surface area contributed by atoms with Crippen LogP contribution in [0.5, 0.6) is 17.2 Å². The minimum absolute atomic E-state index is 0.0188. The lowest BCUT2D eigenvalue weighted by Crippen LogP contribution is -2.37. The van der Waals surface area contributed by atoms with Crippen LogP contribution in [0.2, 0.25) is 0 Å². The normalized spacial score (nSPS) is 18.8. The molecule has 2 aliphatic rings. The molecule has 1 heterocycles. The summed E-state index contributed by atoms with van der Waals surface area (Å²) in [6.45, 7) is 3.86. The zero-order chi connectivity index (χ0) is 27.7. The largest absolute Gasteiger partial charge is 0.508 e. The molecule has 1 amide bonds. The number of hydrogen-bond donors (Lipinski definition) is 3. The Kier molecular flexibility index (Phi) is 7.15. The van der Waals surface area contributed by atoms with Gasteiger partial charge in [0.15, 0.2) is 17.3 Å². The fraction of sp³-hybridized carbons (Fsp3) is 0.250. The summed E-state index contributed by atoms with van der Waals surface area (Å²) in [6, 6.07) is 20.1. The number of benzene rings is 3. The molecule has 7 heteroatoms. The molecule has 3 N–H and O–H groups in total. The lowest BCUT2D eigenvalue weighted by molar-refractivity contribution is -0.116. The quantitative estimate of drug-likeness (QED) is 0.382. The van der Waals surface area contributed by atoms with Crippen LogP contribution < -0.4 is 20.1 Å². The van der Waals surface area contributed by atoms with Crippen LogP contribution in [0.25, 0.3) is 0 Å². The van der Waals surface area contributed by atoms with Crippen molar-refractivity contribution in [3.05, 3.63) is 106 Å². The van der Waals surface area contributed by atoms with Crippen LogP contribution >= 0.6 is 0 Å². The smallest absolute Gasteiger partial charge is 0.254 e.